The molecular formula is C27H25N5O3S. The highest BCUT2D eigenvalue weighted by Crippen LogP contribution is 2.33. The Balaban J connectivity index is 1.47. The smallest absolute Gasteiger partial charge is 0.283 e. The highest BCUT2D eigenvalue weighted by atomic mass is 32.2. The standard InChI is InChI=1S/C27H25N5O3S/c1-16-12-19(17(2)31(16)22-11-10-20(34-3)15-23(22)35-4)14-21-25(28)32-27(29-26(21)33)36-24(30-32)13-18-8-6-5-7-9-18/h5-12,14-15,28H,13H2,1-4H3. The number of hydrogen-bond acceptors (Lipinski definition) is 6. The average Bonchev–Trinajstić information content (AvgIpc) is 3.41. The van der Waals surface area contributed by atoms with Gasteiger partial charge >= 0.3 is 0 Å². The largest absolute Gasteiger partial charge is 0.497 e. The Morgan fingerprint density at radius 2 is 1.83 bits per heavy atom. The van der Waals surface area contributed by atoms with Crippen LogP contribution < -0.4 is 9.47 Å². The van der Waals surface area contributed by atoms with Crippen LogP contribution in [0.3, 0.4) is 0 Å². The third kappa shape index (κ3) is 4.22. The Morgan fingerprint density at radius 1 is 1.06 bits per heavy atom. The summed E-state index contributed by atoms with van der Waals surface area (Å²) >= 11 is 1.33. The number of thioether (sulfide) groups is 1. The van der Waals surface area contributed by atoms with Gasteiger partial charge in [-0.05, 0) is 61.0 Å². The van der Waals surface area contributed by atoms with E-state index in [9.17, 15) is 4.79 Å². The van der Waals surface area contributed by atoms with Crippen LogP contribution in [0.1, 0.15) is 22.5 Å². The van der Waals surface area contributed by atoms with Gasteiger partial charge in [0.1, 0.15) is 16.5 Å². The van der Waals surface area contributed by atoms with E-state index in [0.29, 0.717) is 23.1 Å². The lowest BCUT2D eigenvalue weighted by Gasteiger charge is -2.20. The number of hydrogen-bond donors (Lipinski definition) is 1. The molecule has 2 aliphatic heterocycles. The van der Waals surface area contributed by atoms with Crippen molar-refractivity contribution in [1.82, 2.24) is 9.58 Å². The van der Waals surface area contributed by atoms with E-state index in [1.165, 1.54) is 16.8 Å². The summed E-state index contributed by atoms with van der Waals surface area (Å²) in [6.07, 6.45) is 2.33. The number of fused-ring (bicyclic) bond motifs is 1. The molecule has 182 valence electrons. The van der Waals surface area contributed by atoms with Crippen molar-refractivity contribution >= 4 is 39.8 Å². The van der Waals surface area contributed by atoms with Crippen LogP contribution in [0.4, 0.5) is 0 Å². The van der Waals surface area contributed by atoms with Gasteiger partial charge in [-0.1, -0.05) is 30.3 Å². The van der Waals surface area contributed by atoms with E-state index >= 15 is 0 Å². The van der Waals surface area contributed by atoms with E-state index in [2.05, 4.69) is 14.7 Å². The number of hydrazone groups is 1. The normalized spacial score (nSPS) is 16.2. The predicted molar refractivity (Wildman–Crippen MR) is 144 cm³/mol. The zero-order chi connectivity index (χ0) is 25.4. The van der Waals surface area contributed by atoms with Crippen LogP contribution in [-0.2, 0) is 11.2 Å². The minimum atomic E-state index is -0.443. The van der Waals surface area contributed by atoms with Gasteiger partial charge in [-0.25, -0.2) is 0 Å². The first-order chi connectivity index (χ1) is 17.4. The maximum Gasteiger partial charge on any atom is 0.283 e. The summed E-state index contributed by atoms with van der Waals surface area (Å²) in [5.74, 6) is 0.945. The van der Waals surface area contributed by atoms with Crippen molar-refractivity contribution in [2.45, 2.75) is 20.3 Å². The minimum absolute atomic E-state index is 0.0207. The summed E-state index contributed by atoms with van der Waals surface area (Å²) in [6, 6.07) is 17.6. The van der Waals surface area contributed by atoms with Crippen LogP contribution in [0.5, 0.6) is 11.5 Å². The number of carbonyl (C=O) groups is 1. The summed E-state index contributed by atoms with van der Waals surface area (Å²) < 4.78 is 13.0. The number of rotatable bonds is 6. The number of aryl methyl sites for hydroxylation is 1. The molecule has 0 radical (unpaired) electrons. The van der Waals surface area contributed by atoms with Crippen LogP contribution in [0, 0.1) is 19.3 Å². The number of ether oxygens (including phenoxy) is 2. The maximum atomic E-state index is 12.9. The molecule has 1 aromatic heterocycles. The number of amidine groups is 2. The van der Waals surface area contributed by atoms with E-state index in [1.54, 1.807) is 20.3 Å². The van der Waals surface area contributed by atoms with Crippen molar-refractivity contribution in [3.8, 4) is 17.2 Å². The van der Waals surface area contributed by atoms with Gasteiger partial charge in [-0.2, -0.15) is 15.1 Å². The van der Waals surface area contributed by atoms with Crippen molar-refractivity contribution in [2.75, 3.05) is 14.2 Å². The van der Waals surface area contributed by atoms with Crippen LogP contribution in [0.2, 0.25) is 0 Å². The van der Waals surface area contributed by atoms with E-state index in [-0.39, 0.29) is 11.4 Å². The Bertz CT molecular complexity index is 1470. The molecule has 3 heterocycles. The van der Waals surface area contributed by atoms with Crippen molar-refractivity contribution in [3.05, 3.63) is 82.7 Å². The van der Waals surface area contributed by atoms with Gasteiger partial charge in [0, 0.05) is 23.9 Å². The lowest BCUT2D eigenvalue weighted by atomic mass is 10.1. The van der Waals surface area contributed by atoms with E-state index < -0.39 is 5.91 Å². The van der Waals surface area contributed by atoms with E-state index in [4.69, 9.17) is 14.9 Å². The first-order valence-corrected chi connectivity index (χ1v) is 12.2. The van der Waals surface area contributed by atoms with Crippen molar-refractivity contribution in [1.29, 1.82) is 5.41 Å². The molecule has 2 aliphatic rings. The first-order valence-electron chi connectivity index (χ1n) is 11.3. The lowest BCUT2D eigenvalue weighted by molar-refractivity contribution is -0.114. The maximum absolute atomic E-state index is 12.9. The number of aliphatic imine (C=N–C) groups is 1. The quantitative estimate of drug-likeness (QED) is 0.483. The Hall–Kier alpha value is -4.11. The average molecular weight is 500 g/mol. The Morgan fingerprint density at radius 3 is 2.56 bits per heavy atom. The van der Waals surface area contributed by atoms with Gasteiger partial charge < -0.3 is 14.0 Å². The first kappa shape index (κ1) is 23.6. The topological polar surface area (TPSA) is 92.3 Å². The van der Waals surface area contributed by atoms with Crippen LogP contribution in [0.25, 0.3) is 11.8 Å². The molecule has 1 N–H and O–H groups in total. The zero-order valence-corrected chi connectivity index (χ0v) is 21.2. The van der Waals surface area contributed by atoms with Crippen molar-refractivity contribution in [3.63, 3.8) is 0 Å². The predicted octanol–water partition coefficient (Wildman–Crippen LogP) is 4.97. The number of aromatic nitrogens is 1. The van der Waals surface area contributed by atoms with Gasteiger partial charge in [0.2, 0.25) is 5.17 Å². The Kier molecular flexibility index (Phi) is 6.24. The molecule has 0 aliphatic carbocycles. The van der Waals surface area contributed by atoms with Gasteiger partial charge in [0.15, 0.2) is 5.84 Å². The Labute approximate surface area is 213 Å². The van der Waals surface area contributed by atoms with E-state index in [1.807, 2.05) is 68.4 Å². The number of nitrogens with one attached hydrogen (secondary N) is 1. The summed E-state index contributed by atoms with van der Waals surface area (Å²) in [4.78, 5) is 17.2. The van der Waals surface area contributed by atoms with Crippen LogP contribution >= 0.6 is 11.8 Å². The minimum Gasteiger partial charge on any atom is -0.497 e. The second kappa shape index (κ2) is 9.50. The molecule has 5 rings (SSSR count). The molecule has 0 spiro atoms. The van der Waals surface area contributed by atoms with Gasteiger partial charge in [0.25, 0.3) is 5.91 Å². The van der Waals surface area contributed by atoms with Crippen LogP contribution in [-0.4, -0.2) is 45.7 Å². The molecule has 0 unspecified atom stereocenters. The fourth-order valence-electron chi connectivity index (χ4n) is 4.30. The number of carbonyl (C=O) groups excluding carboxylic acids is 1. The van der Waals surface area contributed by atoms with Gasteiger partial charge in [-0.15, -0.1) is 0 Å². The molecule has 36 heavy (non-hydrogen) atoms. The fourth-order valence-corrected chi connectivity index (χ4v) is 5.22. The van der Waals surface area contributed by atoms with Crippen LogP contribution in [0.15, 0.2) is 70.3 Å². The highest BCUT2D eigenvalue weighted by Gasteiger charge is 2.35. The molecule has 0 atom stereocenters. The molecule has 3 aromatic rings. The monoisotopic (exact) mass is 499 g/mol. The number of nitrogens with zero attached hydrogens (tertiary/aromatic N) is 4. The molecule has 8 nitrogen and oxygen atoms in total. The highest BCUT2D eigenvalue weighted by molar-refractivity contribution is 8.26. The SMILES string of the molecule is COc1ccc(-n2c(C)cc(C=C3C(=N)N4N=C(Cc5ccccc5)SC4=NC3=O)c2C)c(OC)c1. The third-order valence-corrected chi connectivity index (χ3v) is 7.00. The number of benzene rings is 2. The van der Waals surface area contributed by atoms with E-state index in [0.717, 1.165) is 33.2 Å². The fraction of sp³-hybridized carbons (Fsp3) is 0.185. The second-order valence-corrected chi connectivity index (χ2v) is 9.42. The molecular weight excluding hydrogens is 474 g/mol. The number of amides is 1. The molecule has 0 fully saturated rings. The third-order valence-electron chi connectivity index (χ3n) is 6.09. The van der Waals surface area contributed by atoms with Crippen molar-refractivity contribution < 1.29 is 14.3 Å². The molecule has 1 amide bonds. The lowest BCUT2D eigenvalue weighted by Crippen LogP contribution is -2.35. The number of methoxy groups -OCH3 is 2. The molecule has 9 heteroatoms. The molecule has 0 bridgehead atoms. The summed E-state index contributed by atoms with van der Waals surface area (Å²) in [5, 5.41) is 16.0. The molecule has 2 aromatic carbocycles. The summed E-state index contributed by atoms with van der Waals surface area (Å²) in [6.45, 7) is 3.96. The van der Waals surface area contributed by atoms with Gasteiger partial charge in [-0.3, -0.25) is 10.2 Å². The molecule has 0 saturated heterocycles. The zero-order valence-electron chi connectivity index (χ0n) is 20.4. The summed E-state index contributed by atoms with van der Waals surface area (Å²) in [5.41, 5.74) is 4.85. The molecule has 0 saturated carbocycles. The van der Waals surface area contributed by atoms with Crippen molar-refractivity contribution in [2.24, 2.45) is 10.1 Å². The second-order valence-electron chi connectivity index (χ2n) is 8.38. The summed E-state index contributed by atoms with van der Waals surface area (Å²) in [7, 11) is 3.23. The van der Waals surface area contributed by atoms with Gasteiger partial charge in [0.05, 0.1) is 25.5 Å².